The Kier molecular flexibility index (Phi) is 4.76. The second kappa shape index (κ2) is 6.33. The monoisotopic (exact) mass is 235 g/mol. The molecule has 1 heterocycles. The third-order valence-electron chi connectivity index (χ3n) is 2.10. The van der Waals surface area contributed by atoms with E-state index >= 15 is 0 Å². The molecule has 6 nitrogen and oxygen atoms in total. The second-order valence-electron chi connectivity index (χ2n) is 3.35. The SMILES string of the molecule is C#CCCCCNC(=O)c1nc[nH]c1C(=O)O. The molecular weight excluding hydrogens is 222 g/mol. The van der Waals surface area contributed by atoms with Crippen molar-refractivity contribution in [2.75, 3.05) is 6.54 Å². The minimum absolute atomic E-state index is 0.102. The van der Waals surface area contributed by atoms with Gasteiger partial charge in [-0.25, -0.2) is 9.78 Å². The van der Waals surface area contributed by atoms with Crippen molar-refractivity contribution in [2.24, 2.45) is 0 Å². The van der Waals surface area contributed by atoms with Gasteiger partial charge in [-0.05, 0) is 12.8 Å². The number of amides is 1. The van der Waals surface area contributed by atoms with Gasteiger partial charge in [0, 0.05) is 13.0 Å². The quantitative estimate of drug-likeness (QED) is 0.498. The third-order valence-corrected chi connectivity index (χ3v) is 2.10. The number of hydrogen-bond donors (Lipinski definition) is 3. The maximum absolute atomic E-state index is 11.6. The van der Waals surface area contributed by atoms with Gasteiger partial charge in [0.25, 0.3) is 5.91 Å². The van der Waals surface area contributed by atoms with Crippen LogP contribution in [-0.2, 0) is 0 Å². The number of nitrogens with zero attached hydrogens (tertiary/aromatic N) is 1. The van der Waals surface area contributed by atoms with E-state index in [0.717, 1.165) is 12.8 Å². The lowest BCUT2D eigenvalue weighted by atomic mass is 10.2. The average Bonchev–Trinajstić information content (AvgIpc) is 2.77. The molecule has 17 heavy (non-hydrogen) atoms. The summed E-state index contributed by atoms with van der Waals surface area (Å²) in [6.07, 6.45) is 8.50. The number of rotatable bonds is 6. The summed E-state index contributed by atoms with van der Waals surface area (Å²) in [4.78, 5) is 28.4. The first-order valence-corrected chi connectivity index (χ1v) is 5.15. The summed E-state index contributed by atoms with van der Waals surface area (Å²) < 4.78 is 0. The summed E-state index contributed by atoms with van der Waals surface area (Å²) in [6.45, 7) is 0.451. The molecular formula is C11H13N3O3. The van der Waals surface area contributed by atoms with Gasteiger partial charge in [0.05, 0.1) is 6.33 Å². The standard InChI is InChI=1S/C11H13N3O3/c1-2-3-4-5-6-12-10(15)8-9(11(16)17)14-7-13-8/h1,7H,3-6H2,(H,12,15)(H,13,14)(H,16,17). The fraction of sp³-hybridized carbons (Fsp3) is 0.364. The van der Waals surface area contributed by atoms with E-state index in [1.54, 1.807) is 0 Å². The highest BCUT2D eigenvalue weighted by Crippen LogP contribution is 2.02. The number of carboxylic acids is 1. The topological polar surface area (TPSA) is 95.1 Å². The van der Waals surface area contributed by atoms with E-state index < -0.39 is 11.9 Å². The van der Waals surface area contributed by atoms with E-state index in [1.165, 1.54) is 6.33 Å². The molecule has 1 amide bonds. The van der Waals surface area contributed by atoms with Crippen LogP contribution in [0.1, 0.15) is 40.2 Å². The molecule has 0 aromatic carbocycles. The zero-order chi connectivity index (χ0) is 12.7. The van der Waals surface area contributed by atoms with Gasteiger partial charge in [0.15, 0.2) is 11.4 Å². The summed E-state index contributed by atoms with van der Waals surface area (Å²) in [5, 5.41) is 11.4. The van der Waals surface area contributed by atoms with E-state index in [1.807, 2.05) is 0 Å². The maximum atomic E-state index is 11.6. The second-order valence-corrected chi connectivity index (χ2v) is 3.35. The van der Waals surface area contributed by atoms with E-state index in [2.05, 4.69) is 21.2 Å². The molecule has 0 saturated carbocycles. The van der Waals surface area contributed by atoms with Gasteiger partial charge in [0.1, 0.15) is 0 Å². The van der Waals surface area contributed by atoms with Crippen LogP contribution < -0.4 is 5.32 Å². The number of imidazole rings is 1. The molecule has 0 atom stereocenters. The number of carbonyl (C=O) groups excluding carboxylic acids is 1. The van der Waals surface area contributed by atoms with Gasteiger partial charge in [-0.2, -0.15) is 0 Å². The van der Waals surface area contributed by atoms with Gasteiger partial charge in [-0.1, -0.05) is 0 Å². The Hall–Kier alpha value is -2.29. The molecule has 3 N–H and O–H groups in total. The van der Waals surface area contributed by atoms with Crippen molar-refractivity contribution in [3.63, 3.8) is 0 Å². The van der Waals surface area contributed by atoms with Crippen LogP contribution >= 0.6 is 0 Å². The third kappa shape index (κ3) is 3.65. The molecule has 0 bridgehead atoms. The number of aromatic nitrogens is 2. The predicted molar refractivity (Wildman–Crippen MR) is 60.6 cm³/mol. The largest absolute Gasteiger partial charge is 0.477 e. The number of terminal acetylenes is 1. The summed E-state index contributed by atoms with van der Waals surface area (Å²) in [7, 11) is 0. The van der Waals surface area contributed by atoms with Crippen LogP contribution in [0.4, 0.5) is 0 Å². The molecule has 0 fully saturated rings. The molecule has 1 aromatic rings. The van der Waals surface area contributed by atoms with Gasteiger partial charge >= 0.3 is 5.97 Å². The molecule has 1 aromatic heterocycles. The molecule has 0 unspecified atom stereocenters. The Bertz CT molecular complexity index is 445. The first-order chi connectivity index (χ1) is 8.16. The Morgan fingerprint density at radius 3 is 2.94 bits per heavy atom. The Morgan fingerprint density at radius 1 is 1.53 bits per heavy atom. The van der Waals surface area contributed by atoms with Crippen LogP contribution in [0.3, 0.4) is 0 Å². The normalized spacial score (nSPS) is 9.59. The molecule has 6 heteroatoms. The number of unbranched alkanes of at least 4 members (excludes halogenated alkanes) is 2. The molecule has 0 aliphatic rings. The minimum atomic E-state index is -1.21. The Morgan fingerprint density at radius 2 is 2.29 bits per heavy atom. The number of H-pyrrole nitrogens is 1. The fourth-order valence-corrected chi connectivity index (χ4v) is 1.27. The molecule has 1 rings (SSSR count). The first kappa shape index (κ1) is 12.8. The van der Waals surface area contributed by atoms with E-state index in [0.29, 0.717) is 13.0 Å². The minimum Gasteiger partial charge on any atom is -0.477 e. The van der Waals surface area contributed by atoms with E-state index in [9.17, 15) is 9.59 Å². The van der Waals surface area contributed by atoms with Crippen molar-refractivity contribution in [3.8, 4) is 12.3 Å². The highest BCUT2D eigenvalue weighted by molar-refractivity contribution is 6.02. The summed E-state index contributed by atoms with van der Waals surface area (Å²) >= 11 is 0. The lowest BCUT2D eigenvalue weighted by Gasteiger charge is -2.02. The van der Waals surface area contributed by atoms with Crippen molar-refractivity contribution in [1.82, 2.24) is 15.3 Å². The van der Waals surface area contributed by atoms with Gasteiger partial charge in [0.2, 0.25) is 0 Å². The van der Waals surface area contributed by atoms with Gasteiger partial charge in [-0.15, -0.1) is 12.3 Å². The zero-order valence-corrected chi connectivity index (χ0v) is 9.19. The number of aromatic carboxylic acids is 1. The number of carboxylic acid groups (broad SMARTS) is 1. The molecule has 0 radical (unpaired) electrons. The van der Waals surface area contributed by atoms with Crippen molar-refractivity contribution in [2.45, 2.75) is 19.3 Å². The van der Waals surface area contributed by atoms with Crippen molar-refractivity contribution >= 4 is 11.9 Å². The van der Waals surface area contributed by atoms with Crippen LogP contribution in [0.15, 0.2) is 6.33 Å². The Labute approximate surface area is 98.4 Å². The smallest absolute Gasteiger partial charge is 0.354 e. The molecule has 0 aliphatic carbocycles. The lowest BCUT2D eigenvalue weighted by molar-refractivity contribution is 0.0685. The zero-order valence-electron chi connectivity index (χ0n) is 9.19. The summed E-state index contributed by atoms with van der Waals surface area (Å²) in [5.74, 6) is 0.795. The molecule has 0 saturated heterocycles. The molecule has 0 spiro atoms. The van der Waals surface area contributed by atoms with Crippen molar-refractivity contribution < 1.29 is 14.7 Å². The average molecular weight is 235 g/mol. The van der Waals surface area contributed by atoms with Gasteiger partial charge < -0.3 is 15.4 Å². The van der Waals surface area contributed by atoms with Crippen LogP contribution in [0.2, 0.25) is 0 Å². The molecule has 90 valence electrons. The predicted octanol–water partition coefficient (Wildman–Crippen LogP) is 0.641. The number of nitrogens with one attached hydrogen (secondary N) is 2. The van der Waals surface area contributed by atoms with E-state index in [4.69, 9.17) is 11.5 Å². The van der Waals surface area contributed by atoms with Crippen molar-refractivity contribution in [1.29, 1.82) is 0 Å². The highest BCUT2D eigenvalue weighted by atomic mass is 16.4. The van der Waals surface area contributed by atoms with Crippen LogP contribution in [-0.4, -0.2) is 33.5 Å². The fourth-order valence-electron chi connectivity index (χ4n) is 1.27. The van der Waals surface area contributed by atoms with Crippen LogP contribution in [0, 0.1) is 12.3 Å². The molecule has 0 aliphatic heterocycles. The summed E-state index contributed by atoms with van der Waals surface area (Å²) in [6, 6.07) is 0. The van der Waals surface area contributed by atoms with E-state index in [-0.39, 0.29) is 11.4 Å². The Balaban J connectivity index is 2.45. The number of aromatic amines is 1. The van der Waals surface area contributed by atoms with Crippen molar-refractivity contribution in [3.05, 3.63) is 17.7 Å². The first-order valence-electron chi connectivity index (χ1n) is 5.15. The summed E-state index contributed by atoms with van der Waals surface area (Å²) in [5.41, 5.74) is -0.305. The van der Waals surface area contributed by atoms with Crippen LogP contribution in [0.25, 0.3) is 0 Å². The number of carbonyl (C=O) groups is 2. The lowest BCUT2D eigenvalue weighted by Crippen LogP contribution is -2.26. The van der Waals surface area contributed by atoms with Gasteiger partial charge in [-0.3, -0.25) is 4.79 Å². The maximum Gasteiger partial charge on any atom is 0.354 e. The highest BCUT2D eigenvalue weighted by Gasteiger charge is 2.18. The van der Waals surface area contributed by atoms with Crippen LogP contribution in [0.5, 0.6) is 0 Å². The number of hydrogen-bond acceptors (Lipinski definition) is 3.